The van der Waals surface area contributed by atoms with Gasteiger partial charge in [-0.25, -0.2) is 0 Å². The zero-order chi connectivity index (χ0) is 11.5. The third-order valence-electron chi connectivity index (χ3n) is 1.76. The largest absolute Gasteiger partial charge is 0.480 e. The van der Waals surface area contributed by atoms with E-state index >= 15 is 0 Å². The Morgan fingerprint density at radius 1 is 1.62 bits per heavy atom. The Morgan fingerprint density at radius 3 is 3.06 bits per heavy atom. The van der Waals surface area contributed by atoms with Gasteiger partial charge in [-0.2, -0.15) is 0 Å². The SMILES string of the molecule is CC(Sc1nnc(-c2cccs2)o1)C(=O)O. The molecule has 0 radical (unpaired) electrons. The molecule has 0 amide bonds. The van der Waals surface area contributed by atoms with Crippen LogP contribution in [-0.4, -0.2) is 26.5 Å². The van der Waals surface area contributed by atoms with Gasteiger partial charge in [-0.15, -0.1) is 21.5 Å². The lowest BCUT2D eigenvalue weighted by atomic mass is 10.5. The van der Waals surface area contributed by atoms with Crippen molar-refractivity contribution in [3.63, 3.8) is 0 Å². The molecule has 16 heavy (non-hydrogen) atoms. The van der Waals surface area contributed by atoms with Crippen LogP contribution < -0.4 is 0 Å². The van der Waals surface area contributed by atoms with E-state index in [1.54, 1.807) is 6.92 Å². The summed E-state index contributed by atoms with van der Waals surface area (Å²) in [5.41, 5.74) is 0. The molecule has 7 heteroatoms. The minimum Gasteiger partial charge on any atom is -0.480 e. The van der Waals surface area contributed by atoms with Crippen LogP contribution in [0.25, 0.3) is 10.8 Å². The number of carboxylic acids is 1. The molecular formula is C9H8N2O3S2. The van der Waals surface area contributed by atoms with Gasteiger partial charge in [0.2, 0.25) is 0 Å². The summed E-state index contributed by atoms with van der Waals surface area (Å²) in [7, 11) is 0. The molecule has 0 spiro atoms. The number of thioether (sulfide) groups is 1. The zero-order valence-corrected chi connectivity index (χ0v) is 9.92. The van der Waals surface area contributed by atoms with Gasteiger partial charge < -0.3 is 9.52 Å². The van der Waals surface area contributed by atoms with Crippen molar-refractivity contribution in [3.05, 3.63) is 17.5 Å². The highest BCUT2D eigenvalue weighted by Crippen LogP contribution is 2.28. The van der Waals surface area contributed by atoms with E-state index in [9.17, 15) is 4.79 Å². The maximum absolute atomic E-state index is 10.6. The summed E-state index contributed by atoms with van der Waals surface area (Å²) in [6, 6.07) is 3.75. The van der Waals surface area contributed by atoms with Crippen molar-refractivity contribution >= 4 is 29.1 Å². The first-order valence-corrected chi connectivity index (χ1v) is 6.19. The molecule has 84 valence electrons. The minimum atomic E-state index is -0.902. The third-order valence-corrected chi connectivity index (χ3v) is 3.54. The van der Waals surface area contributed by atoms with Gasteiger partial charge in [-0.3, -0.25) is 4.79 Å². The van der Waals surface area contributed by atoms with Gasteiger partial charge in [-0.1, -0.05) is 17.8 Å². The van der Waals surface area contributed by atoms with Crippen molar-refractivity contribution in [3.8, 4) is 10.8 Å². The van der Waals surface area contributed by atoms with E-state index in [-0.39, 0.29) is 5.22 Å². The van der Waals surface area contributed by atoms with Gasteiger partial charge in [-0.05, 0) is 18.4 Å². The average molecular weight is 256 g/mol. The predicted octanol–water partition coefficient (Wildman–Crippen LogP) is 2.36. The fourth-order valence-electron chi connectivity index (χ4n) is 0.959. The summed E-state index contributed by atoms with van der Waals surface area (Å²) in [5.74, 6) is -0.476. The highest BCUT2D eigenvalue weighted by atomic mass is 32.2. The maximum Gasteiger partial charge on any atom is 0.316 e. The lowest BCUT2D eigenvalue weighted by Gasteiger charge is -1.99. The lowest BCUT2D eigenvalue weighted by Crippen LogP contribution is -2.10. The van der Waals surface area contributed by atoms with Crippen molar-refractivity contribution < 1.29 is 14.3 Å². The van der Waals surface area contributed by atoms with Gasteiger partial charge in [0, 0.05) is 0 Å². The second-order valence-electron chi connectivity index (χ2n) is 2.95. The average Bonchev–Trinajstić information content (AvgIpc) is 2.85. The molecule has 5 nitrogen and oxygen atoms in total. The van der Waals surface area contributed by atoms with Crippen molar-refractivity contribution in [1.29, 1.82) is 0 Å². The number of aromatic nitrogens is 2. The normalized spacial score (nSPS) is 12.6. The number of carboxylic acid groups (broad SMARTS) is 1. The van der Waals surface area contributed by atoms with Crippen LogP contribution in [0, 0.1) is 0 Å². The topological polar surface area (TPSA) is 76.2 Å². The van der Waals surface area contributed by atoms with Crippen LogP contribution in [0.4, 0.5) is 0 Å². The van der Waals surface area contributed by atoms with E-state index in [1.807, 2.05) is 17.5 Å². The van der Waals surface area contributed by atoms with Crippen LogP contribution >= 0.6 is 23.1 Å². The van der Waals surface area contributed by atoms with Gasteiger partial charge in [0.1, 0.15) is 5.25 Å². The molecule has 0 aliphatic carbocycles. The first-order chi connectivity index (χ1) is 7.66. The fraction of sp³-hybridized carbons (Fsp3) is 0.222. The number of aliphatic carboxylic acids is 1. The van der Waals surface area contributed by atoms with E-state index < -0.39 is 11.2 Å². The van der Waals surface area contributed by atoms with Crippen LogP contribution in [-0.2, 0) is 4.79 Å². The lowest BCUT2D eigenvalue weighted by molar-refractivity contribution is -0.136. The quantitative estimate of drug-likeness (QED) is 0.846. The Morgan fingerprint density at radius 2 is 2.44 bits per heavy atom. The predicted molar refractivity (Wildman–Crippen MR) is 60.6 cm³/mol. The smallest absolute Gasteiger partial charge is 0.316 e. The Labute approximate surface area is 99.5 Å². The molecule has 0 aliphatic rings. The summed E-state index contributed by atoms with van der Waals surface area (Å²) in [6.45, 7) is 1.57. The number of rotatable bonds is 4. The number of hydrogen-bond donors (Lipinski definition) is 1. The molecule has 2 aromatic rings. The van der Waals surface area contributed by atoms with Gasteiger partial charge in [0.05, 0.1) is 4.88 Å². The molecule has 0 saturated heterocycles. The van der Waals surface area contributed by atoms with E-state index in [0.717, 1.165) is 16.6 Å². The Bertz CT molecular complexity index is 481. The summed E-state index contributed by atoms with van der Waals surface area (Å²) in [5, 5.41) is 17.9. The molecule has 0 saturated carbocycles. The van der Waals surface area contributed by atoms with Crippen molar-refractivity contribution in [2.24, 2.45) is 0 Å². The molecule has 2 rings (SSSR count). The molecule has 0 aliphatic heterocycles. The minimum absolute atomic E-state index is 0.276. The van der Waals surface area contributed by atoms with Crippen molar-refractivity contribution in [2.75, 3.05) is 0 Å². The van der Waals surface area contributed by atoms with E-state index in [0.29, 0.717) is 5.89 Å². The summed E-state index contributed by atoms with van der Waals surface area (Å²) >= 11 is 2.53. The number of hydrogen-bond acceptors (Lipinski definition) is 6. The van der Waals surface area contributed by atoms with E-state index in [2.05, 4.69) is 10.2 Å². The van der Waals surface area contributed by atoms with Crippen LogP contribution in [0.1, 0.15) is 6.92 Å². The van der Waals surface area contributed by atoms with Crippen molar-refractivity contribution in [1.82, 2.24) is 10.2 Å². The standard InChI is InChI=1S/C9H8N2O3S2/c1-5(8(12)13)16-9-11-10-7(14-9)6-3-2-4-15-6/h2-5H,1H3,(H,12,13). The van der Waals surface area contributed by atoms with Crippen LogP contribution in [0.15, 0.2) is 27.2 Å². The van der Waals surface area contributed by atoms with Gasteiger partial charge in [0.25, 0.3) is 11.1 Å². The molecule has 2 aromatic heterocycles. The molecule has 1 N–H and O–H groups in total. The summed E-state index contributed by atoms with van der Waals surface area (Å²) in [4.78, 5) is 11.5. The van der Waals surface area contributed by atoms with Crippen LogP contribution in [0.2, 0.25) is 0 Å². The zero-order valence-electron chi connectivity index (χ0n) is 8.28. The highest BCUT2D eigenvalue weighted by Gasteiger charge is 2.17. The molecule has 2 heterocycles. The second kappa shape index (κ2) is 4.67. The number of nitrogens with zero attached hydrogens (tertiary/aromatic N) is 2. The molecule has 0 bridgehead atoms. The Balaban J connectivity index is 2.11. The van der Waals surface area contributed by atoms with Gasteiger partial charge >= 0.3 is 5.97 Å². The highest BCUT2D eigenvalue weighted by molar-refractivity contribution is 8.00. The van der Waals surface area contributed by atoms with Crippen molar-refractivity contribution in [2.45, 2.75) is 17.4 Å². The Kier molecular flexibility index (Phi) is 3.25. The fourth-order valence-corrected chi connectivity index (χ4v) is 2.22. The first-order valence-electron chi connectivity index (χ1n) is 4.43. The molecule has 1 atom stereocenters. The Hall–Kier alpha value is -1.34. The number of carbonyl (C=O) groups is 1. The van der Waals surface area contributed by atoms with Crippen LogP contribution in [0.5, 0.6) is 0 Å². The number of thiophene rings is 1. The van der Waals surface area contributed by atoms with Crippen LogP contribution in [0.3, 0.4) is 0 Å². The molecular weight excluding hydrogens is 248 g/mol. The maximum atomic E-state index is 10.6. The second-order valence-corrected chi connectivity index (χ2v) is 5.19. The monoisotopic (exact) mass is 256 g/mol. The van der Waals surface area contributed by atoms with E-state index in [1.165, 1.54) is 11.3 Å². The third kappa shape index (κ3) is 2.42. The summed E-state index contributed by atoms with van der Waals surface area (Å²) < 4.78 is 5.34. The summed E-state index contributed by atoms with van der Waals surface area (Å²) in [6.07, 6.45) is 0. The molecule has 0 aromatic carbocycles. The van der Waals surface area contributed by atoms with E-state index in [4.69, 9.17) is 9.52 Å². The molecule has 1 unspecified atom stereocenters. The first kappa shape index (κ1) is 11.2. The molecule has 0 fully saturated rings. The van der Waals surface area contributed by atoms with Gasteiger partial charge in [0.15, 0.2) is 0 Å².